The number of benzene rings is 1. The number of hydrogen-bond donors (Lipinski definition) is 0. The number of sulfonamides is 1. The van der Waals surface area contributed by atoms with Crippen LogP contribution in [0.4, 0.5) is 5.69 Å². The van der Waals surface area contributed by atoms with E-state index in [1.54, 1.807) is 6.92 Å². The molecule has 0 saturated carbocycles. The summed E-state index contributed by atoms with van der Waals surface area (Å²) in [4.78, 5) is 10.4. The fourth-order valence-corrected chi connectivity index (χ4v) is 4.67. The number of nitro groups is 1. The minimum absolute atomic E-state index is 0.000888. The van der Waals surface area contributed by atoms with Gasteiger partial charge in [-0.15, -0.1) is 0 Å². The first-order chi connectivity index (χ1) is 11.4. The van der Waals surface area contributed by atoms with E-state index in [0.29, 0.717) is 25.1 Å². The molecule has 8 heteroatoms. The summed E-state index contributed by atoms with van der Waals surface area (Å²) in [6, 6.07) is 3.95. The number of nitrogens with zero attached hydrogens (tertiary/aromatic N) is 2. The SMILES string of the molecule is CCCN(C[C@@H]1CCCCO1)S(=O)(=O)c1cc([N+](=O)[O-])ccc1C. The molecule has 0 amide bonds. The van der Waals surface area contributed by atoms with E-state index in [-0.39, 0.29) is 23.2 Å². The van der Waals surface area contributed by atoms with Crippen LogP contribution in [-0.4, -0.2) is 43.4 Å². The monoisotopic (exact) mass is 356 g/mol. The second kappa shape index (κ2) is 8.04. The predicted octanol–water partition coefficient (Wildman–Crippen LogP) is 2.87. The van der Waals surface area contributed by atoms with Gasteiger partial charge in [-0.1, -0.05) is 13.0 Å². The van der Waals surface area contributed by atoms with E-state index in [1.807, 2.05) is 6.92 Å². The molecule has 0 radical (unpaired) electrons. The zero-order valence-electron chi connectivity index (χ0n) is 14.1. The smallest absolute Gasteiger partial charge is 0.270 e. The summed E-state index contributed by atoms with van der Waals surface area (Å²) in [7, 11) is -3.80. The molecule has 1 fully saturated rings. The van der Waals surface area contributed by atoms with E-state index in [1.165, 1.54) is 16.4 Å². The van der Waals surface area contributed by atoms with Crippen LogP contribution in [0.15, 0.2) is 23.1 Å². The third-order valence-corrected chi connectivity index (χ3v) is 6.16. The van der Waals surface area contributed by atoms with E-state index in [2.05, 4.69) is 0 Å². The number of rotatable bonds is 7. The van der Waals surface area contributed by atoms with Crippen LogP contribution in [-0.2, 0) is 14.8 Å². The number of hydrogen-bond acceptors (Lipinski definition) is 5. The van der Waals surface area contributed by atoms with Crippen molar-refractivity contribution in [2.24, 2.45) is 0 Å². The Hall–Kier alpha value is -1.51. The molecule has 1 heterocycles. The van der Waals surface area contributed by atoms with Crippen molar-refractivity contribution in [1.82, 2.24) is 4.31 Å². The second-order valence-electron chi connectivity index (χ2n) is 6.06. The summed E-state index contributed by atoms with van der Waals surface area (Å²) in [5, 5.41) is 11.0. The largest absolute Gasteiger partial charge is 0.377 e. The molecule has 2 rings (SSSR count). The fraction of sp³-hybridized carbons (Fsp3) is 0.625. The molecule has 7 nitrogen and oxygen atoms in total. The quantitative estimate of drug-likeness (QED) is 0.553. The topological polar surface area (TPSA) is 89.8 Å². The first kappa shape index (κ1) is 18.8. The van der Waals surface area contributed by atoms with Gasteiger partial charge in [-0.3, -0.25) is 10.1 Å². The van der Waals surface area contributed by atoms with E-state index in [0.717, 1.165) is 25.3 Å². The molecule has 1 aliphatic rings. The lowest BCUT2D eigenvalue weighted by Crippen LogP contribution is -2.40. The van der Waals surface area contributed by atoms with Gasteiger partial charge < -0.3 is 4.74 Å². The zero-order valence-corrected chi connectivity index (χ0v) is 14.9. The average Bonchev–Trinajstić information content (AvgIpc) is 2.55. The van der Waals surface area contributed by atoms with Gasteiger partial charge in [0.1, 0.15) is 0 Å². The van der Waals surface area contributed by atoms with Crippen LogP contribution in [0.5, 0.6) is 0 Å². The maximum atomic E-state index is 13.0. The summed E-state index contributed by atoms with van der Waals surface area (Å²) in [5.74, 6) is 0. The van der Waals surface area contributed by atoms with Crippen molar-refractivity contribution >= 4 is 15.7 Å². The minimum atomic E-state index is -3.80. The van der Waals surface area contributed by atoms with Gasteiger partial charge in [-0.05, 0) is 38.2 Å². The molecule has 0 spiro atoms. The van der Waals surface area contributed by atoms with Gasteiger partial charge in [0.15, 0.2) is 0 Å². The highest BCUT2D eigenvalue weighted by molar-refractivity contribution is 7.89. The van der Waals surface area contributed by atoms with Crippen LogP contribution in [0.2, 0.25) is 0 Å². The van der Waals surface area contributed by atoms with Crippen molar-refractivity contribution in [3.8, 4) is 0 Å². The zero-order chi connectivity index (χ0) is 17.7. The summed E-state index contributed by atoms with van der Waals surface area (Å²) >= 11 is 0. The maximum Gasteiger partial charge on any atom is 0.270 e. The Bertz CT molecular complexity index is 684. The van der Waals surface area contributed by atoms with Gasteiger partial charge in [-0.2, -0.15) is 4.31 Å². The highest BCUT2D eigenvalue weighted by Crippen LogP contribution is 2.26. The van der Waals surface area contributed by atoms with Crippen LogP contribution in [0.3, 0.4) is 0 Å². The van der Waals surface area contributed by atoms with E-state index >= 15 is 0 Å². The standard InChI is InChI=1S/C16H24N2O5S/c1-3-9-17(12-15-6-4-5-10-23-15)24(21,22)16-11-14(18(19)20)8-7-13(16)2/h7-8,11,15H,3-6,9-10,12H2,1-2H3/t15-/m0/s1. The van der Waals surface area contributed by atoms with Gasteiger partial charge in [0.05, 0.1) is 15.9 Å². The van der Waals surface area contributed by atoms with Crippen molar-refractivity contribution in [3.05, 3.63) is 33.9 Å². The van der Waals surface area contributed by atoms with Gasteiger partial charge in [-0.25, -0.2) is 8.42 Å². The fourth-order valence-electron chi connectivity index (χ4n) is 2.86. The first-order valence-corrected chi connectivity index (χ1v) is 9.67. The summed E-state index contributed by atoms with van der Waals surface area (Å²) < 4.78 is 33.1. The molecule has 134 valence electrons. The molecule has 24 heavy (non-hydrogen) atoms. The van der Waals surface area contributed by atoms with Crippen molar-refractivity contribution in [3.63, 3.8) is 0 Å². The van der Waals surface area contributed by atoms with Gasteiger partial charge in [0.25, 0.3) is 5.69 Å². The summed E-state index contributed by atoms with van der Waals surface area (Å²) in [6.07, 6.45) is 3.42. The normalized spacial score (nSPS) is 18.7. The first-order valence-electron chi connectivity index (χ1n) is 8.23. The van der Waals surface area contributed by atoms with Crippen LogP contribution in [0.25, 0.3) is 0 Å². The van der Waals surface area contributed by atoms with Crippen LogP contribution in [0.1, 0.15) is 38.2 Å². The Morgan fingerprint density at radius 1 is 1.38 bits per heavy atom. The van der Waals surface area contributed by atoms with Gasteiger partial charge in [0.2, 0.25) is 10.0 Å². The molecule has 1 aromatic carbocycles. The molecular formula is C16H24N2O5S. The average molecular weight is 356 g/mol. The van der Waals surface area contributed by atoms with Crippen LogP contribution < -0.4 is 0 Å². The Morgan fingerprint density at radius 3 is 2.71 bits per heavy atom. The Balaban J connectivity index is 2.33. The number of ether oxygens (including phenoxy) is 1. The Labute approximate surface area is 142 Å². The molecule has 0 unspecified atom stereocenters. The number of aryl methyl sites for hydroxylation is 1. The lowest BCUT2D eigenvalue weighted by atomic mass is 10.1. The molecular weight excluding hydrogens is 332 g/mol. The van der Waals surface area contributed by atoms with Gasteiger partial charge >= 0.3 is 0 Å². The highest BCUT2D eigenvalue weighted by Gasteiger charge is 2.30. The van der Waals surface area contributed by atoms with Gasteiger partial charge in [0, 0.05) is 31.8 Å². The maximum absolute atomic E-state index is 13.0. The third kappa shape index (κ3) is 4.31. The van der Waals surface area contributed by atoms with E-state index in [4.69, 9.17) is 4.74 Å². The lowest BCUT2D eigenvalue weighted by molar-refractivity contribution is -0.385. The molecule has 1 aliphatic heterocycles. The number of nitro benzene ring substituents is 1. The predicted molar refractivity (Wildman–Crippen MR) is 90.5 cm³/mol. The van der Waals surface area contributed by atoms with Crippen molar-refractivity contribution in [1.29, 1.82) is 0 Å². The van der Waals surface area contributed by atoms with Crippen molar-refractivity contribution in [2.45, 2.75) is 50.5 Å². The van der Waals surface area contributed by atoms with Crippen LogP contribution in [0, 0.1) is 17.0 Å². The summed E-state index contributed by atoms with van der Waals surface area (Å²) in [6.45, 7) is 4.87. The Kier molecular flexibility index (Phi) is 6.31. The summed E-state index contributed by atoms with van der Waals surface area (Å²) in [5.41, 5.74) is 0.288. The van der Waals surface area contributed by atoms with E-state index in [9.17, 15) is 18.5 Å². The molecule has 0 N–H and O–H groups in total. The second-order valence-corrected chi connectivity index (χ2v) is 7.96. The number of non-ortho nitro benzene ring substituents is 1. The highest BCUT2D eigenvalue weighted by atomic mass is 32.2. The molecule has 1 saturated heterocycles. The molecule has 1 atom stereocenters. The molecule has 0 aliphatic carbocycles. The van der Waals surface area contributed by atoms with Crippen molar-refractivity contribution in [2.75, 3.05) is 19.7 Å². The lowest BCUT2D eigenvalue weighted by Gasteiger charge is -2.29. The van der Waals surface area contributed by atoms with Crippen LogP contribution >= 0.6 is 0 Å². The molecule has 0 aromatic heterocycles. The van der Waals surface area contributed by atoms with Crippen molar-refractivity contribution < 1.29 is 18.1 Å². The molecule has 1 aromatic rings. The third-order valence-electron chi connectivity index (χ3n) is 4.15. The molecule has 0 bridgehead atoms. The minimum Gasteiger partial charge on any atom is -0.377 e. The Morgan fingerprint density at radius 2 is 2.12 bits per heavy atom. The van der Waals surface area contributed by atoms with E-state index < -0.39 is 14.9 Å².